The third-order valence-electron chi connectivity index (χ3n) is 5.35. The van der Waals surface area contributed by atoms with Crippen LogP contribution in [0.3, 0.4) is 0 Å². The maximum absolute atomic E-state index is 13.0. The number of hydrogen-bond acceptors (Lipinski definition) is 4. The molecule has 2 heterocycles. The van der Waals surface area contributed by atoms with Crippen LogP contribution in [-0.4, -0.2) is 58.6 Å². The van der Waals surface area contributed by atoms with Crippen LogP contribution in [-0.2, 0) is 11.3 Å². The lowest BCUT2D eigenvalue weighted by atomic mass is 10.1. The summed E-state index contributed by atoms with van der Waals surface area (Å²) in [6.07, 6.45) is 2.91. The molecule has 1 amide bonds. The molecule has 156 valence electrons. The summed E-state index contributed by atoms with van der Waals surface area (Å²) in [6.45, 7) is 4.75. The Morgan fingerprint density at radius 3 is 2.53 bits per heavy atom. The molecule has 0 unspecified atom stereocenters. The van der Waals surface area contributed by atoms with Crippen molar-refractivity contribution in [3.8, 4) is 11.3 Å². The minimum Gasteiger partial charge on any atom is -0.325 e. The van der Waals surface area contributed by atoms with Gasteiger partial charge in [0, 0.05) is 30.9 Å². The van der Waals surface area contributed by atoms with Crippen LogP contribution in [0, 0.1) is 5.82 Å². The Morgan fingerprint density at radius 1 is 1.00 bits per heavy atom. The smallest absolute Gasteiger partial charge is 0.238 e. The van der Waals surface area contributed by atoms with E-state index in [4.69, 9.17) is 0 Å². The van der Waals surface area contributed by atoms with Gasteiger partial charge in [-0.2, -0.15) is 5.10 Å². The van der Waals surface area contributed by atoms with E-state index in [1.54, 1.807) is 12.1 Å². The first-order chi connectivity index (χ1) is 14.7. The normalized spacial score (nSPS) is 15.6. The fourth-order valence-electron chi connectivity index (χ4n) is 3.80. The van der Waals surface area contributed by atoms with Gasteiger partial charge >= 0.3 is 0 Å². The van der Waals surface area contributed by atoms with Gasteiger partial charge in [0.05, 0.1) is 18.4 Å². The van der Waals surface area contributed by atoms with Gasteiger partial charge in [-0.1, -0.05) is 30.3 Å². The molecule has 1 aromatic heterocycles. The van der Waals surface area contributed by atoms with E-state index in [1.807, 2.05) is 24.4 Å². The Balaban J connectivity index is 1.30. The van der Waals surface area contributed by atoms with Gasteiger partial charge in [-0.05, 0) is 49.3 Å². The van der Waals surface area contributed by atoms with Gasteiger partial charge in [-0.3, -0.25) is 19.7 Å². The molecule has 0 saturated carbocycles. The quantitative estimate of drug-likeness (QED) is 0.658. The summed E-state index contributed by atoms with van der Waals surface area (Å²) in [4.78, 5) is 16.9. The zero-order valence-corrected chi connectivity index (χ0v) is 16.9. The van der Waals surface area contributed by atoms with Crippen LogP contribution in [0.5, 0.6) is 0 Å². The Kier molecular flexibility index (Phi) is 6.51. The number of carbonyl (C=O) groups is 1. The van der Waals surface area contributed by atoms with Crippen molar-refractivity contribution in [3.05, 3.63) is 72.2 Å². The number of hydrogen-bond donors (Lipinski definition) is 2. The molecule has 2 N–H and O–H groups in total. The molecule has 1 fully saturated rings. The molecule has 1 aliphatic heterocycles. The topological polar surface area (TPSA) is 64.3 Å². The van der Waals surface area contributed by atoms with Crippen molar-refractivity contribution in [2.45, 2.75) is 13.0 Å². The number of amides is 1. The van der Waals surface area contributed by atoms with E-state index in [9.17, 15) is 9.18 Å². The molecule has 2 aromatic carbocycles. The first-order valence-electron chi connectivity index (χ1n) is 10.3. The molecule has 0 spiro atoms. The third kappa shape index (κ3) is 5.31. The fraction of sp³-hybridized carbons (Fsp3) is 0.304. The van der Waals surface area contributed by atoms with Crippen molar-refractivity contribution in [3.63, 3.8) is 0 Å². The zero-order valence-electron chi connectivity index (χ0n) is 16.9. The number of aromatic nitrogens is 2. The number of aromatic amines is 1. The van der Waals surface area contributed by atoms with Crippen LogP contribution >= 0.6 is 0 Å². The molecule has 1 saturated heterocycles. The molecule has 6 nitrogen and oxygen atoms in total. The predicted octanol–water partition coefficient (Wildman–Crippen LogP) is 3.36. The highest BCUT2D eigenvalue weighted by Crippen LogP contribution is 2.22. The van der Waals surface area contributed by atoms with E-state index in [2.05, 4.69) is 37.4 Å². The van der Waals surface area contributed by atoms with E-state index in [0.717, 1.165) is 50.4 Å². The number of anilines is 1. The van der Waals surface area contributed by atoms with Gasteiger partial charge in [0.1, 0.15) is 5.82 Å². The van der Waals surface area contributed by atoms with Crippen LogP contribution in [0.15, 0.2) is 60.8 Å². The molecular formula is C23H26FN5O. The first kappa shape index (κ1) is 20.3. The standard InChI is InChI=1S/C23H26FN5O/c24-20-7-9-21(10-8-20)26-22(30)17-29-12-4-11-28(13-14-29)16-19-15-25-27-23(19)18-5-2-1-3-6-18/h1-3,5-10,15H,4,11-14,16-17H2,(H,25,27)(H,26,30). The fourth-order valence-corrected chi connectivity index (χ4v) is 3.80. The van der Waals surface area contributed by atoms with Crippen LogP contribution in [0.25, 0.3) is 11.3 Å². The zero-order chi connectivity index (χ0) is 20.8. The largest absolute Gasteiger partial charge is 0.325 e. The van der Waals surface area contributed by atoms with Crippen molar-refractivity contribution in [2.75, 3.05) is 38.0 Å². The Morgan fingerprint density at radius 2 is 1.73 bits per heavy atom. The van der Waals surface area contributed by atoms with E-state index in [0.29, 0.717) is 12.2 Å². The number of halogens is 1. The molecule has 3 aromatic rings. The summed E-state index contributed by atoms with van der Waals surface area (Å²) in [7, 11) is 0. The highest BCUT2D eigenvalue weighted by molar-refractivity contribution is 5.92. The average Bonchev–Trinajstić information content (AvgIpc) is 3.11. The second-order valence-corrected chi connectivity index (χ2v) is 7.60. The highest BCUT2D eigenvalue weighted by atomic mass is 19.1. The van der Waals surface area contributed by atoms with Crippen molar-refractivity contribution in [1.82, 2.24) is 20.0 Å². The molecular weight excluding hydrogens is 381 g/mol. The van der Waals surface area contributed by atoms with Crippen LogP contribution in [0.2, 0.25) is 0 Å². The Labute approximate surface area is 175 Å². The molecule has 0 radical (unpaired) electrons. The second-order valence-electron chi connectivity index (χ2n) is 7.60. The van der Waals surface area contributed by atoms with Crippen LogP contribution in [0.4, 0.5) is 10.1 Å². The third-order valence-corrected chi connectivity index (χ3v) is 5.35. The average molecular weight is 407 g/mol. The van der Waals surface area contributed by atoms with Gasteiger partial charge in [-0.25, -0.2) is 4.39 Å². The van der Waals surface area contributed by atoms with E-state index < -0.39 is 0 Å². The maximum Gasteiger partial charge on any atom is 0.238 e. The molecule has 7 heteroatoms. The predicted molar refractivity (Wildman–Crippen MR) is 115 cm³/mol. The van der Waals surface area contributed by atoms with E-state index in [1.165, 1.54) is 17.7 Å². The summed E-state index contributed by atoms with van der Waals surface area (Å²) in [6, 6.07) is 16.1. The van der Waals surface area contributed by atoms with E-state index in [-0.39, 0.29) is 11.7 Å². The summed E-state index contributed by atoms with van der Waals surface area (Å²) in [5.74, 6) is -0.384. The van der Waals surface area contributed by atoms with Gasteiger partial charge < -0.3 is 5.32 Å². The summed E-state index contributed by atoms with van der Waals surface area (Å²) in [5, 5.41) is 10.2. The Hall–Kier alpha value is -3.03. The molecule has 4 rings (SSSR count). The van der Waals surface area contributed by atoms with Crippen LogP contribution < -0.4 is 5.32 Å². The van der Waals surface area contributed by atoms with Crippen LogP contribution in [0.1, 0.15) is 12.0 Å². The van der Waals surface area contributed by atoms with Gasteiger partial charge in [0.2, 0.25) is 5.91 Å². The number of nitrogens with one attached hydrogen (secondary N) is 2. The lowest BCUT2D eigenvalue weighted by molar-refractivity contribution is -0.117. The first-order valence-corrected chi connectivity index (χ1v) is 10.3. The number of carbonyl (C=O) groups excluding carboxylic acids is 1. The summed E-state index contributed by atoms with van der Waals surface area (Å²) in [5.41, 5.74) is 4.00. The number of nitrogens with zero attached hydrogens (tertiary/aromatic N) is 3. The number of benzene rings is 2. The molecule has 1 aliphatic rings. The van der Waals surface area contributed by atoms with Crippen molar-refractivity contribution in [1.29, 1.82) is 0 Å². The summed E-state index contributed by atoms with van der Waals surface area (Å²) < 4.78 is 13.0. The molecule has 0 bridgehead atoms. The van der Waals surface area contributed by atoms with Crippen molar-refractivity contribution >= 4 is 11.6 Å². The molecule has 0 aliphatic carbocycles. The minimum atomic E-state index is -0.311. The number of rotatable bonds is 6. The van der Waals surface area contributed by atoms with E-state index >= 15 is 0 Å². The molecule has 0 atom stereocenters. The monoisotopic (exact) mass is 407 g/mol. The minimum absolute atomic E-state index is 0.0729. The lowest BCUT2D eigenvalue weighted by Crippen LogP contribution is -2.36. The SMILES string of the molecule is O=C(CN1CCCN(Cc2cn[nH]c2-c2ccccc2)CC1)Nc1ccc(F)cc1. The number of H-pyrrole nitrogens is 1. The summed E-state index contributed by atoms with van der Waals surface area (Å²) >= 11 is 0. The van der Waals surface area contributed by atoms with Crippen molar-refractivity contribution < 1.29 is 9.18 Å². The van der Waals surface area contributed by atoms with Gasteiger partial charge in [0.25, 0.3) is 0 Å². The highest BCUT2D eigenvalue weighted by Gasteiger charge is 2.19. The molecule has 30 heavy (non-hydrogen) atoms. The van der Waals surface area contributed by atoms with Gasteiger partial charge in [-0.15, -0.1) is 0 Å². The second kappa shape index (κ2) is 9.65. The van der Waals surface area contributed by atoms with Crippen molar-refractivity contribution in [2.24, 2.45) is 0 Å². The lowest BCUT2D eigenvalue weighted by Gasteiger charge is -2.21. The van der Waals surface area contributed by atoms with Gasteiger partial charge in [0.15, 0.2) is 0 Å². The maximum atomic E-state index is 13.0. The Bertz CT molecular complexity index is 957.